The van der Waals surface area contributed by atoms with E-state index in [1.54, 1.807) is 0 Å². The maximum atomic E-state index is 13.1. The lowest BCUT2D eigenvalue weighted by Gasteiger charge is -2.57. The molecule has 0 bridgehead atoms. The number of ether oxygens (including phenoxy) is 3. The van der Waals surface area contributed by atoms with E-state index in [0.717, 1.165) is 39.3 Å². The summed E-state index contributed by atoms with van der Waals surface area (Å²) in [5, 5.41) is 0.268. The van der Waals surface area contributed by atoms with E-state index in [0.29, 0.717) is 37.4 Å². The Morgan fingerprint density at radius 2 is 2.00 bits per heavy atom. The first-order valence-corrected chi connectivity index (χ1v) is 11.8. The molecule has 10 heteroatoms. The van der Waals surface area contributed by atoms with Gasteiger partial charge in [-0.25, -0.2) is 13.4 Å². The van der Waals surface area contributed by atoms with Gasteiger partial charge in [-0.3, -0.25) is 4.90 Å². The van der Waals surface area contributed by atoms with Crippen molar-refractivity contribution in [3.05, 3.63) is 17.3 Å². The third kappa shape index (κ3) is 3.36. The van der Waals surface area contributed by atoms with Crippen molar-refractivity contribution in [3.8, 4) is 5.88 Å². The van der Waals surface area contributed by atoms with Crippen LogP contribution in [0, 0.1) is 5.41 Å². The van der Waals surface area contributed by atoms with Crippen LogP contribution in [-0.2, 0) is 19.5 Å². The van der Waals surface area contributed by atoms with Crippen LogP contribution in [0.25, 0.3) is 0 Å². The van der Waals surface area contributed by atoms with E-state index in [9.17, 15) is 8.42 Å². The summed E-state index contributed by atoms with van der Waals surface area (Å²) in [5.74, 6) is 0.0681. The summed E-state index contributed by atoms with van der Waals surface area (Å²) in [6.45, 7) is 5.53. The van der Waals surface area contributed by atoms with Crippen LogP contribution < -0.4 is 4.74 Å². The normalized spacial score (nSPS) is 29.0. The molecule has 0 amide bonds. The number of likely N-dealkylation sites (tertiary alicyclic amines) is 1. The van der Waals surface area contributed by atoms with E-state index in [2.05, 4.69) is 9.88 Å². The van der Waals surface area contributed by atoms with Crippen molar-refractivity contribution in [1.29, 1.82) is 0 Å². The van der Waals surface area contributed by atoms with Crippen molar-refractivity contribution in [2.24, 2.45) is 5.41 Å². The van der Waals surface area contributed by atoms with Gasteiger partial charge >= 0.3 is 0 Å². The number of hydrogen-bond acceptors (Lipinski definition) is 7. The Morgan fingerprint density at radius 3 is 2.62 bits per heavy atom. The predicted molar refractivity (Wildman–Crippen MR) is 106 cm³/mol. The molecule has 1 aromatic rings. The molecule has 0 aliphatic carbocycles. The topological polar surface area (TPSA) is 81.2 Å². The van der Waals surface area contributed by atoms with Gasteiger partial charge in [-0.1, -0.05) is 11.6 Å². The van der Waals surface area contributed by atoms with Crippen LogP contribution in [-0.4, -0.2) is 87.4 Å². The fourth-order valence-electron chi connectivity index (χ4n) is 5.07. The molecule has 5 heterocycles. The van der Waals surface area contributed by atoms with Gasteiger partial charge in [0.2, 0.25) is 15.9 Å². The minimum Gasteiger partial charge on any atom is -0.480 e. The van der Waals surface area contributed by atoms with Gasteiger partial charge in [0.1, 0.15) is 4.90 Å². The fraction of sp³-hybridized carbons (Fsp3) is 0.737. The summed E-state index contributed by atoms with van der Waals surface area (Å²) >= 11 is 5.98. The predicted octanol–water partition coefficient (Wildman–Crippen LogP) is 1.39. The van der Waals surface area contributed by atoms with Gasteiger partial charge in [-0.05, 0) is 25.3 Å². The van der Waals surface area contributed by atoms with Crippen molar-refractivity contribution in [1.82, 2.24) is 14.2 Å². The molecule has 4 saturated heterocycles. The van der Waals surface area contributed by atoms with Crippen LogP contribution in [0.4, 0.5) is 0 Å². The van der Waals surface area contributed by atoms with Gasteiger partial charge in [-0.15, -0.1) is 0 Å². The molecular formula is C19H26ClN3O5S. The van der Waals surface area contributed by atoms with E-state index in [-0.39, 0.29) is 21.4 Å². The zero-order valence-electron chi connectivity index (χ0n) is 16.5. The summed E-state index contributed by atoms with van der Waals surface area (Å²) in [7, 11) is -2.32. The molecule has 160 valence electrons. The van der Waals surface area contributed by atoms with E-state index >= 15 is 0 Å². The zero-order chi connectivity index (χ0) is 20.3. The molecule has 1 aromatic heterocycles. The van der Waals surface area contributed by atoms with Gasteiger partial charge in [0.05, 0.1) is 37.6 Å². The maximum absolute atomic E-state index is 13.1. The van der Waals surface area contributed by atoms with Crippen LogP contribution in [0.15, 0.2) is 17.2 Å². The lowest BCUT2D eigenvalue weighted by atomic mass is 9.76. The maximum Gasteiger partial charge on any atom is 0.248 e. The molecule has 29 heavy (non-hydrogen) atoms. The summed E-state index contributed by atoms with van der Waals surface area (Å²) in [6, 6.07) is 1.83. The second kappa shape index (κ2) is 7.03. The molecule has 1 atom stereocenters. The molecular weight excluding hydrogens is 418 g/mol. The summed E-state index contributed by atoms with van der Waals surface area (Å²) in [6.07, 6.45) is 3.74. The Balaban J connectivity index is 1.23. The molecule has 2 spiro atoms. The monoisotopic (exact) mass is 443 g/mol. The quantitative estimate of drug-likeness (QED) is 0.695. The van der Waals surface area contributed by atoms with Crippen LogP contribution in [0.3, 0.4) is 0 Å². The Hall–Kier alpha value is -0.970. The van der Waals surface area contributed by atoms with Gasteiger partial charge < -0.3 is 14.2 Å². The van der Waals surface area contributed by atoms with Crippen molar-refractivity contribution >= 4 is 21.6 Å². The first kappa shape index (κ1) is 20.0. The minimum absolute atomic E-state index is 0.0160. The molecule has 0 radical (unpaired) electrons. The molecule has 0 N–H and O–H groups in total. The van der Waals surface area contributed by atoms with Gasteiger partial charge in [-0.2, -0.15) is 4.31 Å². The highest BCUT2D eigenvalue weighted by Crippen LogP contribution is 2.44. The Kier molecular flexibility index (Phi) is 4.84. The highest BCUT2D eigenvalue weighted by Gasteiger charge is 2.54. The largest absolute Gasteiger partial charge is 0.480 e. The fourth-order valence-corrected chi connectivity index (χ4v) is 6.87. The summed E-state index contributed by atoms with van der Waals surface area (Å²) in [4.78, 5) is 6.52. The number of hydrogen-bond donors (Lipinski definition) is 0. The standard InChI is InChI=1S/C19H26ClN3O5S/c1-26-17-16(6-14(20)8-21-17)29(24,25)23-4-2-19(3-5-23)7-15(9-28-19)22-10-18(11-22)12-27-13-18/h6,8,15H,2-5,7,9-13H2,1H3. The number of sulfonamides is 1. The third-order valence-corrected chi connectivity index (χ3v) is 8.93. The summed E-state index contributed by atoms with van der Waals surface area (Å²) in [5.41, 5.74) is 0.184. The van der Waals surface area contributed by atoms with Crippen LogP contribution >= 0.6 is 11.6 Å². The van der Waals surface area contributed by atoms with Crippen LogP contribution in [0.2, 0.25) is 5.02 Å². The van der Waals surface area contributed by atoms with Crippen LogP contribution in [0.1, 0.15) is 19.3 Å². The average molecular weight is 444 g/mol. The van der Waals surface area contributed by atoms with Crippen LogP contribution in [0.5, 0.6) is 5.88 Å². The van der Waals surface area contributed by atoms with Crippen molar-refractivity contribution < 1.29 is 22.6 Å². The number of halogens is 1. The number of methoxy groups -OCH3 is 1. The first-order valence-electron chi connectivity index (χ1n) is 10.0. The number of nitrogens with zero attached hydrogens (tertiary/aromatic N) is 3. The number of rotatable bonds is 4. The van der Waals surface area contributed by atoms with Gasteiger partial charge in [0.15, 0.2) is 0 Å². The van der Waals surface area contributed by atoms with Crippen molar-refractivity contribution in [2.75, 3.05) is 53.1 Å². The second-order valence-electron chi connectivity index (χ2n) is 8.81. The number of pyridine rings is 1. The Morgan fingerprint density at radius 1 is 1.28 bits per heavy atom. The molecule has 0 saturated carbocycles. The minimum atomic E-state index is -3.73. The van der Waals surface area contributed by atoms with E-state index in [4.69, 9.17) is 25.8 Å². The van der Waals surface area contributed by atoms with E-state index in [1.165, 1.54) is 23.7 Å². The molecule has 0 aromatic carbocycles. The Labute approximate surface area is 176 Å². The summed E-state index contributed by atoms with van der Waals surface area (Å²) < 4.78 is 44.5. The average Bonchev–Trinajstić information content (AvgIpc) is 3.03. The molecule has 4 aliphatic rings. The molecule has 5 rings (SSSR count). The SMILES string of the molecule is COc1ncc(Cl)cc1S(=O)(=O)N1CCC2(CC1)CC(N1CC3(COC3)C1)CO2. The molecule has 1 unspecified atom stereocenters. The second-order valence-corrected chi connectivity index (χ2v) is 11.2. The number of aromatic nitrogens is 1. The third-order valence-electron chi connectivity index (χ3n) is 6.83. The molecule has 8 nitrogen and oxygen atoms in total. The van der Waals surface area contributed by atoms with E-state index in [1.807, 2.05) is 0 Å². The first-order chi connectivity index (χ1) is 13.8. The van der Waals surface area contributed by atoms with E-state index < -0.39 is 10.0 Å². The van der Waals surface area contributed by atoms with Gasteiger partial charge in [0.25, 0.3) is 0 Å². The highest BCUT2D eigenvalue weighted by molar-refractivity contribution is 7.89. The number of piperidine rings is 1. The van der Waals surface area contributed by atoms with Crippen molar-refractivity contribution in [2.45, 2.75) is 35.8 Å². The lowest BCUT2D eigenvalue weighted by molar-refractivity contribution is -0.197. The smallest absolute Gasteiger partial charge is 0.248 e. The highest BCUT2D eigenvalue weighted by atomic mass is 35.5. The van der Waals surface area contributed by atoms with Gasteiger partial charge in [0, 0.05) is 43.8 Å². The molecule has 4 aliphatic heterocycles. The van der Waals surface area contributed by atoms with Crippen molar-refractivity contribution in [3.63, 3.8) is 0 Å². The molecule has 4 fully saturated rings. The zero-order valence-corrected chi connectivity index (χ0v) is 18.0. The Bertz CT molecular complexity index is 891. The lowest BCUT2D eigenvalue weighted by Crippen LogP contribution is -2.68.